The molecular formula is C15H16N6OS. The van der Waals surface area contributed by atoms with E-state index in [9.17, 15) is 4.79 Å². The van der Waals surface area contributed by atoms with Crippen LogP contribution in [-0.4, -0.2) is 48.2 Å². The maximum atomic E-state index is 12.5. The Kier molecular flexibility index (Phi) is 3.66. The zero-order valence-electron chi connectivity index (χ0n) is 12.5. The van der Waals surface area contributed by atoms with Crippen molar-refractivity contribution < 1.29 is 4.79 Å². The minimum atomic E-state index is 0.00521. The molecule has 0 N–H and O–H groups in total. The molecule has 118 valence electrons. The monoisotopic (exact) mass is 328 g/mol. The van der Waals surface area contributed by atoms with Crippen LogP contribution in [0.3, 0.4) is 0 Å². The van der Waals surface area contributed by atoms with Gasteiger partial charge in [-0.15, -0.1) is 11.3 Å². The molecule has 0 fully saturated rings. The average molecular weight is 328 g/mol. The number of hydrogen-bond donors (Lipinski definition) is 0. The maximum absolute atomic E-state index is 12.5. The first-order valence-corrected chi connectivity index (χ1v) is 8.44. The van der Waals surface area contributed by atoms with Gasteiger partial charge in [-0.3, -0.25) is 9.48 Å². The Morgan fingerprint density at radius 2 is 2.22 bits per heavy atom. The first-order chi connectivity index (χ1) is 11.3. The van der Waals surface area contributed by atoms with Gasteiger partial charge in [-0.25, -0.2) is 9.97 Å². The average Bonchev–Trinajstić information content (AvgIpc) is 3.29. The maximum Gasteiger partial charge on any atom is 0.273 e. The van der Waals surface area contributed by atoms with E-state index in [2.05, 4.69) is 19.6 Å². The summed E-state index contributed by atoms with van der Waals surface area (Å²) < 4.78 is 4.09. The molecule has 7 nitrogen and oxygen atoms in total. The molecule has 0 saturated carbocycles. The molecule has 4 heterocycles. The summed E-state index contributed by atoms with van der Waals surface area (Å²) in [4.78, 5) is 23.0. The molecule has 0 atom stereocenters. The van der Waals surface area contributed by atoms with Crippen LogP contribution >= 0.6 is 11.3 Å². The number of aromatic nitrogens is 5. The van der Waals surface area contributed by atoms with E-state index in [4.69, 9.17) is 0 Å². The van der Waals surface area contributed by atoms with Crippen molar-refractivity contribution in [3.63, 3.8) is 0 Å². The zero-order valence-corrected chi connectivity index (χ0v) is 13.3. The van der Waals surface area contributed by atoms with Gasteiger partial charge < -0.3 is 9.47 Å². The second-order valence-electron chi connectivity index (χ2n) is 5.44. The molecule has 0 radical (unpaired) electrons. The Balaban J connectivity index is 1.51. The van der Waals surface area contributed by atoms with Crippen LogP contribution in [0, 0.1) is 0 Å². The fourth-order valence-corrected chi connectivity index (χ4v) is 3.39. The first-order valence-electron chi connectivity index (χ1n) is 7.49. The lowest BCUT2D eigenvalue weighted by molar-refractivity contribution is 0.0754. The minimum Gasteiger partial charge on any atom is -0.335 e. The van der Waals surface area contributed by atoms with Gasteiger partial charge in [-0.2, -0.15) is 5.10 Å². The number of thiazole rings is 1. The molecule has 1 aliphatic heterocycles. The Morgan fingerprint density at radius 3 is 3.00 bits per heavy atom. The minimum absolute atomic E-state index is 0.00521. The smallest absolute Gasteiger partial charge is 0.273 e. The summed E-state index contributed by atoms with van der Waals surface area (Å²) >= 11 is 1.44. The summed E-state index contributed by atoms with van der Waals surface area (Å²) in [6, 6.07) is 1.91. The van der Waals surface area contributed by atoms with E-state index in [0.29, 0.717) is 25.3 Å². The molecule has 1 amide bonds. The lowest BCUT2D eigenvalue weighted by Gasteiger charge is -2.19. The normalized spacial score (nSPS) is 14.5. The SMILES string of the molecule is O=C(c1cscn1)N1CCc2ncc(Cn3cccn3)n2CC1. The Morgan fingerprint density at radius 1 is 1.26 bits per heavy atom. The van der Waals surface area contributed by atoms with Crippen molar-refractivity contribution >= 4 is 17.2 Å². The van der Waals surface area contributed by atoms with Crippen LogP contribution in [-0.2, 0) is 19.5 Å². The highest BCUT2D eigenvalue weighted by Gasteiger charge is 2.22. The van der Waals surface area contributed by atoms with Crippen LogP contribution in [0.25, 0.3) is 0 Å². The van der Waals surface area contributed by atoms with E-state index in [0.717, 1.165) is 24.5 Å². The quantitative estimate of drug-likeness (QED) is 0.726. The molecule has 0 spiro atoms. The molecule has 23 heavy (non-hydrogen) atoms. The fourth-order valence-electron chi connectivity index (χ4n) is 2.86. The third kappa shape index (κ3) is 2.77. The van der Waals surface area contributed by atoms with Crippen LogP contribution in [0.4, 0.5) is 0 Å². The van der Waals surface area contributed by atoms with E-state index in [1.165, 1.54) is 11.3 Å². The summed E-state index contributed by atoms with van der Waals surface area (Å²) in [6.07, 6.45) is 6.38. The second kappa shape index (κ2) is 5.96. The fraction of sp³-hybridized carbons (Fsp3) is 0.333. The summed E-state index contributed by atoms with van der Waals surface area (Å²) in [6.45, 7) is 2.79. The summed E-state index contributed by atoms with van der Waals surface area (Å²) in [5.41, 5.74) is 3.34. The van der Waals surface area contributed by atoms with E-state index in [1.54, 1.807) is 17.1 Å². The van der Waals surface area contributed by atoms with E-state index >= 15 is 0 Å². The zero-order chi connectivity index (χ0) is 15.6. The molecule has 4 rings (SSSR count). The molecule has 8 heteroatoms. The van der Waals surface area contributed by atoms with Gasteiger partial charge >= 0.3 is 0 Å². The lowest BCUT2D eigenvalue weighted by Crippen LogP contribution is -2.34. The molecule has 0 bridgehead atoms. The van der Waals surface area contributed by atoms with E-state index in [-0.39, 0.29) is 5.91 Å². The number of carbonyl (C=O) groups excluding carboxylic acids is 1. The van der Waals surface area contributed by atoms with Crippen LogP contribution in [0.1, 0.15) is 22.0 Å². The first kappa shape index (κ1) is 14.1. The van der Waals surface area contributed by atoms with E-state index < -0.39 is 0 Å². The molecular weight excluding hydrogens is 312 g/mol. The topological polar surface area (TPSA) is 68.8 Å². The molecule has 0 unspecified atom stereocenters. The van der Waals surface area contributed by atoms with Crippen molar-refractivity contribution in [2.75, 3.05) is 13.1 Å². The van der Waals surface area contributed by atoms with Crippen LogP contribution in [0.2, 0.25) is 0 Å². The standard InChI is InChI=1S/C15H16N6OS/c22-15(13-10-23-11-17-13)19-5-2-14-16-8-12(21(14)7-6-19)9-20-4-1-3-18-20/h1,3-4,8,10-11H,2,5-7,9H2. The van der Waals surface area contributed by atoms with Gasteiger partial charge in [-0.1, -0.05) is 0 Å². The highest BCUT2D eigenvalue weighted by molar-refractivity contribution is 7.07. The molecule has 0 aromatic carbocycles. The largest absolute Gasteiger partial charge is 0.335 e. The number of amides is 1. The molecule has 1 aliphatic rings. The van der Waals surface area contributed by atoms with Gasteiger partial charge in [0.15, 0.2) is 0 Å². The van der Waals surface area contributed by atoms with Crippen molar-refractivity contribution in [1.29, 1.82) is 0 Å². The molecule has 0 saturated heterocycles. The Hall–Kier alpha value is -2.48. The van der Waals surface area contributed by atoms with E-state index in [1.807, 2.05) is 28.0 Å². The van der Waals surface area contributed by atoms with Crippen molar-refractivity contribution in [1.82, 2.24) is 29.2 Å². The third-order valence-corrected chi connectivity index (χ3v) is 4.63. The number of nitrogens with zero attached hydrogens (tertiary/aromatic N) is 6. The van der Waals surface area contributed by atoms with Crippen molar-refractivity contribution in [2.45, 2.75) is 19.5 Å². The van der Waals surface area contributed by atoms with Gasteiger partial charge in [0.1, 0.15) is 11.5 Å². The summed E-state index contributed by atoms with van der Waals surface area (Å²) in [5, 5.41) is 6.04. The van der Waals surface area contributed by atoms with Crippen molar-refractivity contribution in [3.8, 4) is 0 Å². The lowest BCUT2D eigenvalue weighted by atomic mass is 10.3. The van der Waals surface area contributed by atoms with Gasteiger partial charge in [0.05, 0.1) is 23.9 Å². The van der Waals surface area contributed by atoms with Gasteiger partial charge in [-0.05, 0) is 6.07 Å². The molecule has 3 aromatic rings. The number of imidazole rings is 1. The molecule has 3 aromatic heterocycles. The van der Waals surface area contributed by atoms with Gasteiger partial charge in [0.2, 0.25) is 0 Å². The number of fused-ring (bicyclic) bond motifs is 1. The van der Waals surface area contributed by atoms with Crippen LogP contribution in [0.5, 0.6) is 0 Å². The highest BCUT2D eigenvalue weighted by atomic mass is 32.1. The molecule has 0 aliphatic carbocycles. The number of carbonyl (C=O) groups is 1. The highest BCUT2D eigenvalue weighted by Crippen LogP contribution is 2.15. The Labute approximate surface area is 137 Å². The van der Waals surface area contributed by atoms with Crippen LogP contribution in [0.15, 0.2) is 35.5 Å². The predicted molar refractivity (Wildman–Crippen MR) is 85.3 cm³/mol. The number of rotatable bonds is 3. The Bertz CT molecular complexity index is 792. The summed E-state index contributed by atoms with van der Waals surface area (Å²) in [7, 11) is 0. The van der Waals surface area contributed by atoms with Gasteiger partial charge in [0, 0.05) is 43.8 Å². The number of hydrogen-bond acceptors (Lipinski definition) is 5. The predicted octanol–water partition coefficient (Wildman–Crippen LogP) is 1.28. The third-order valence-electron chi connectivity index (χ3n) is 4.04. The second-order valence-corrected chi connectivity index (χ2v) is 6.16. The van der Waals surface area contributed by atoms with Gasteiger partial charge in [0.25, 0.3) is 5.91 Å². The van der Waals surface area contributed by atoms with Crippen molar-refractivity contribution in [3.05, 3.63) is 52.8 Å². The summed E-state index contributed by atoms with van der Waals surface area (Å²) in [5.74, 6) is 1.03. The van der Waals surface area contributed by atoms with Crippen LogP contribution < -0.4 is 0 Å². The van der Waals surface area contributed by atoms with Crippen molar-refractivity contribution in [2.24, 2.45) is 0 Å².